The van der Waals surface area contributed by atoms with Crippen molar-refractivity contribution >= 4 is 51.9 Å². The second-order valence-electron chi connectivity index (χ2n) is 5.20. The summed E-state index contributed by atoms with van der Waals surface area (Å²) < 4.78 is 5.00. The van der Waals surface area contributed by atoms with Gasteiger partial charge in [-0.2, -0.15) is 0 Å². The molecule has 2 aromatic rings. The molecule has 1 aromatic carbocycles. The van der Waals surface area contributed by atoms with Crippen LogP contribution in [0, 0.1) is 0 Å². The van der Waals surface area contributed by atoms with Gasteiger partial charge in [-0.1, -0.05) is 17.7 Å². The number of thiocarbonyl (C=S) groups is 1. The molecule has 0 amide bonds. The molecule has 24 heavy (non-hydrogen) atoms. The maximum atomic E-state index is 12.4. The van der Waals surface area contributed by atoms with Gasteiger partial charge < -0.3 is 10.1 Å². The molecule has 1 aromatic heterocycles. The first-order valence-electron chi connectivity index (χ1n) is 7.21. The van der Waals surface area contributed by atoms with E-state index in [4.69, 9.17) is 28.6 Å². The molecule has 0 spiro atoms. The molecular weight excluding hydrogens is 364 g/mol. The summed E-state index contributed by atoms with van der Waals surface area (Å²) in [5.41, 5.74) is 2.12. The lowest BCUT2D eigenvalue weighted by Gasteiger charge is -2.37. The van der Waals surface area contributed by atoms with Gasteiger partial charge in [-0.3, -0.25) is 4.90 Å². The van der Waals surface area contributed by atoms with Crippen molar-refractivity contribution in [3.63, 3.8) is 0 Å². The lowest BCUT2D eigenvalue weighted by Crippen LogP contribution is -2.47. The molecule has 1 aliphatic heterocycles. The van der Waals surface area contributed by atoms with Crippen LogP contribution in [-0.2, 0) is 9.53 Å². The van der Waals surface area contributed by atoms with Crippen LogP contribution in [0.3, 0.4) is 0 Å². The van der Waals surface area contributed by atoms with Crippen molar-refractivity contribution in [2.24, 2.45) is 0 Å². The van der Waals surface area contributed by atoms with Crippen LogP contribution < -0.4 is 10.2 Å². The lowest BCUT2D eigenvalue weighted by atomic mass is 10.0. The average Bonchev–Trinajstić information content (AvgIpc) is 3.10. The SMILES string of the molecule is COC(=O)C1=C(C)N(c2ccc(Cl)cc2)C(=S)N[C@@H]1c1cccs1. The number of allylic oxidation sites excluding steroid dienone is 1. The van der Waals surface area contributed by atoms with Crippen molar-refractivity contribution in [2.75, 3.05) is 12.0 Å². The largest absolute Gasteiger partial charge is 0.466 e. The average molecular weight is 379 g/mol. The lowest BCUT2D eigenvalue weighted by molar-refractivity contribution is -0.136. The third-order valence-corrected chi connectivity index (χ3v) is 5.29. The van der Waals surface area contributed by atoms with Gasteiger partial charge in [-0.15, -0.1) is 11.3 Å². The normalized spacial score (nSPS) is 17.7. The Bertz CT molecular complexity index is 801. The summed E-state index contributed by atoms with van der Waals surface area (Å²) in [6.07, 6.45) is 0. The summed E-state index contributed by atoms with van der Waals surface area (Å²) in [5, 5.41) is 6.39. The number of benzene rings is 1. The molecule has 7 heteroatoms. The number of hydrogen-bond donors (Lipinski definition) is 1. The molecule has 0 radical (unpaired) electrons. The van der Waals surface area contributed by atoms with Crippen LogP contribution in [0.4, 0.5) is 5.69 Å². The Balaban J connectivity index is 2.12. The molecule has 1 aliphatic rings. The number of carbonyl (C=O) groups is 1. The van der Waals surface area contributed by atoms with Crippen LogP contribution in [0.1, 0.15) is 17.8 Å². The minimum atomic E-state index is -0.375. The maximum absolute atomic E-state index is 12.4. The van der Waals surface area contributed by atoms with E-state index in [0.717, 1.165) is 16.3 Å². The molecular formula is C17H15ClN2O2S2. The van der Waals surface area contributed by atoms with E-state index in [0.29, 0.717) is 15.7 Å². The number of hydrogen-bond acceptors (Lipinski definition) is 4. The van der Waals surface area contributed by atoms with Crippen molar-refractivity contribution in [1.29, 1.82) is 0 Å². The molecule has 1 atom stereocenters. The highest BCUT2D eigenvalue weighted by Crippen LogP contribution is 2.35. The van der Waals surface area contributed by atoms with E-state index in [1.807, 2.05) is 41.5 Å². The second kappa shape index (κ2) is 6.93. The Morgan fingerprint density at radius 1 is 1.33 bits per heavy atom. The maximum Gasteiger partial charge on any atom is 0.338 e. The Kier molecular flexibility index (Phi) is 4.89. The minimum absolute atomic E-state index is 0.312. The molecule has 4 nitrogen and oxygen atoms in total. The van der Waals surface area contributed by atoms with Crippen molar-refractivity contribution < 1.29 is 9.53 Å². The molecule has 0 saturated heterocycles. The van der Waals surface area contributed by atoms with Gasteiger partial charge in [0.15, 0.2) is 5.11 Å². The van der Waals surface area contributed by atoms with Crippen LogP contribution in [-0.4, -0.2) is 18.2 Å². The summed E-state index contributed by atoms with van der Waals surface area (Å²) >= 11 is 13.1. The summed E-state index contributed by atoms with van der Waals surface area (Å²) in [5.74, 6) is -0.375. The highest BCUT2D eigenvalue weighted by Gasteiger charge is 2.35. The number of halogens is 1. The number of ether oxygens (including phenoxy) is 1. The molecule has 0 fully saturated rings. The number of carbonyl (C=O) groups excluding carboxylic acids is 1. The van der Waals surface area contributed by atoms with Gasteiger partial charge in [0.2, 0.25) is 0 Å². The third kappa shape index (κ3) is 3.05. The van der Waals surface area contributed by atoms with Crippen molar-refractivity contribution in [3.8, 4) is 0 Å². The minimum Gasteiger partial charge on any atom is -0.466 e. The van der Waals surface area contributed by atoms with E-state index in [1.165, 1.54) is 7.11 Å². The number of anilines is 1. The zero-order valence-corrected chi connectivity index (χ0v) is 15.5. The Labute approximate surface area is 154 Å². The van der Waals surface area contributed by atoms with E-state index in [-0.39, 0.29) is 12.0 Å². The van der Waals surface area contributed by atoms with Crippen LogP contribution in [0.2, 0.25) is 5.02 Å². The van der Waals surface area contributed by atoms with E-state index < -0.39 is 0 Å². The number of thiophene rings is 1. The molecule has 0 aliphatic carbocycles. The van der Waals surface area contributed by atoms with Gasteiger partial charge in [0.25, 0.3) is 0 Å². The van der Waals surface area contributed by atoms with Gasteiger partial charge in [-0.05, 0) is 54.9 Å². The van der Waals surface area contributed by atoms with Crippen LogP contribution in [0.5, 0.6) is 0 Å². The quantitative estimate of drug-likeness (QED) is 0.637. The van der Waals surface area contributed by atoms with Crippen molar-refractivity contribution in [1.82, 2.24) is 5.32 Å². The highest BCUT2D eigenvalue weighted by molar-refractivity contribution is 7.80. The zero-order valence-electron chi connectivity index (χ0n) is 13.1. The van der Waals surface area contributed by atoms with Crippen LogP contribution in [0.25, 0.3) is 0 Å². The molecule has 0 saturated carbocycles. The van der Waals surface area contributed by atoms with Gasteiger partial charge in [0.1, 0.15) is 0 Å². The van der Waals surface area contributed by atoms with Crippen LogP contribution in [0.15, 0.2) is 53.0 Å². The highest BCUT2D eigenvalue weighted by atomic mass is 35.5. The third-order valence-electron chi connectivity index (χ3n) is 3.80. The fourth-order valence-electron chi connectivity index (χ4n) is 2.69. The summed E-state index contributed by atoms with van der Waals surface area (Å²) in [4.78, 5) is 15.2. The molecule has 124 valence electrons. The topological polar surface area (TPSA) is 41.6 Å². The number of esters is 1. The molecule has 0 bridgehead atoms. The Morgan fingerprint density at radius 2 is 2.04 bits per heavy atom. The Hall–Kier alpha value is -1.89. The first-order valence-corrected chi connectivity index (χ1v) is 8.88. The van der Waals surface area contributed by atoms with Gasteiger partial charge >= 0.3 is 5.97 Å². The predicted octanol–water partition coefficient (Wildman–Crippen LogP) is 4.28. The first-order chi connectivity index (χ1) is 11.5. The number of nitrogens with zero attached hydrogens (tertiary/aromatic N) is 1. The summed E-state index contributed by atoms with van der Waals surface area (Å²) in [6, 6.07) is 10.9. The first kappa shape index (κ1) is 17.0. The van der Waals surface area contributed by atoms with E-state index >= 15 is 0 Å². The van der Waals surface area contributed by atoms with Gasteiger partial charge in [0.05, 0.1) is 18.7 Å². The number of nitrogens with one attached hydrogen (secondary N) is 1. The van der Waals surface area contributed by atoms with Gasteiger partial charge in [-0.25, -0.2) is 4.79 Å². The molecule has 1 N–H and O–H groups in total. The smallest absolute Gasteiger partial charge is 0.338 e. The zero-order chi connectivity index (χ0) is 17.3. The fourth-order valence-corrected chi connectivity index (χ4v) is 3.96. The summed E-state index contributed by atoms with van der Waals surface area (Å²) in [7, 11) is 1.38. The van der Waals surface area contributed by atoms with E-state index in [2.05, 4.69) is 5.32 Å². The molecule has 0 unspecified atom stereocenters. The predicted molar refractivity (Wildman–Crippen MR) is 101 cm³/mol. The second-order valence-corrected chi connectivity index (χ2v) is 7.00. The van der Waals surface area contributed by atoms with Gasteiger partial charge in [0, 0.05) is 21.3 Å². The van der Waals surface area contributed by atoms with Crippen molar-refractivity contribution in [3.05, 3.63) is 62.9 Å². The standard InChI is InChI=1S/C17H15ClN2O2S2/c1-10-14(16(21)22-2)15(13-4-3-9-24-13)19-17(23)20(10)12-7-5-11(18)6-8-12/h3-9,15H,1-2H3,(H,19,23)/t15-/m1/s1. The number of rotatable bonds is 3. The number of methoxy groups -OCH3 is 1. The van der Waals surface area contributed by atoms with E-state index in [9.17, 15) is 4.79 Å². The van der Waals surface area contributed by atoms with E-state index in [1.54, 1.807) is 23.5 Å². The Morgan fingerprint density at radius 3 is 2.62 bits per heavy atom. The van der Waals surface area contributed by atoms with Crippen LogP contribution >= 0.6 is 35.2 Å². The summed E-state index contributed by atoms with van der Waals surface area (Å²) in [6.45, 7) is 1.87. The van der Waals surface area contributed by atoms with Crippen molar-refractivity contribution in [2.45, 2.75) is 13.0 Å². The molecule has 2 heterocycles. The molecule has 3 rings (SSSR count). The monoisotopic (exact) mass is 378 g/mol. The fraction of sp³-hybridized carbons (Fsp3) is 0.176.